The standard InChI is InChI=1S/C23H19ClN2O3S/c1-29-18-12-10-17(11-13-18)26-21(27)14-30-23(26)15-6-8-16(9-7-15)25-22(28)19-4-2-3-5-20(19)24/h2-13,23H,14H2,1H3,(H,25,28). The summed E-state index contributed by atoms with van der Waals surface area (Å²) >= 11 is 7.67. The Morgan fingerprint density at radius 2 is 1.77 bits per heavy atom. The molecule has 1 fully saturated rings. The Balaban J connectivity index is 1.52. The van der Waals surface area contributed by atoms with Gasteiger partial charge in [-0.25, -0.2) is 0 Å². The van der Waals surface area contributed by atoms with Crippen LogP contribution in [0.4, 0.5) is 11.4 Å². The Kier molecular flexibility index (Phi) is 5.97. The fourth-order valence-corrected chi connectivity index (χ4v) is 4.67. The Bertz CT molecular complexity index is 1070. The van der Waals surface area contributed by atoms with Crippen LogP contribution in [0.15, 0.2) is 72.8 Å². The zero-order valence-corrected chi connectivity index (χ0v) is 17.7. The molecule has 1 aliphatic heterocycles. The normalized spacial score (nSPS) is 15.9. The number of thioether (sulfide) groups is 1. The van der Waals surface area contributed by atoms with E-state index >= 15 is 0 Å². The van der Waals surface area contributed by atoms with Crippen molar-refractivity contribution in [3.63, 3.8) is 0 Å². The summed E-state index contributed by atoms with van der Waals surface area (Å²) in [4.78, 5) is 26.8. The van der Waals surface area contributed by atoms with Crippen molar-refractivity contribution in [2.24, 2.45) is 0 Å². The fraction of sp³-hybridized carbons (Fsp3) is 0.130. The van der Waals surface area contributed by atoms with Crippen molar-refractivity contribution in [3.05, 3.63) is 88.9 Å². The first-order valence-electron chi connectivity index (χ1n) is 9.30. The van der Waals surface area contributed by atoms with E-state index in [2.05, 4.69) is 5.32 Å². The number of benzene rings is 3. The summed E-state index contributed by atoms with van der Waals surface area (Å²) in [6.45, 7) is 0. The van der Waals surface area contributed by atoms with E-state index in [1.807, 2.05) is 48.5 Å². The molecule has 0 radical (unpaired) electrons. The van der Waals surface area contributed by atoms with Gasteiger partial charge in [-0.3, -0.25) is 14.5 Å². The van der Waals surface area contributed by atoms with Gasteiger partial charge in [0.1, 0.15) is 11.1 Å². The van der Waals surface area contributed by atoms with Gasteiger partial charge in [-0.1, -0.05) is 35.9 Å². The molecule has 1 unspecified atom stereocenters. The van der Waals surface area contributed by atoms with Crippen LogP contribution in [0.3, 0.4) is 0 Å². The quantitative estimate of drug-likeness (QED) is 0.581. The molecule has 2 amide bonds. The lowest BCUT2D eigenvalue weighted by molar-refractivity contribution is -0.115. The first-order valence-corrected chi connectivity index (χ1v) is 10.7. The molecule has 152 valence electrons. The summed E-state index contributed by atoms with van der Waals surface area (Å²) < 4.78 is 5.20. The number of anilines is 2. The molecular weight excluding hydrogens is 420 g/mol. The molecule has 3 aromatic rings. The molecule has 0 aliphatic carbocycles. The summed E-state index contributed by atoms with van der Waals surface area (Å²) in [7, 11) is 1.61. The second-order valence-corrected chi connectivity index (χ2v) is 8.16. The van der Waals surface area contributed by atoms with Crippen LogP contribution < -0.4 is 15.0 Å². The number of carbonyl (C=O) groups excluding carboxylic acids is 2. The molecule has 0 bridgehead atoms. The maximum atomic E-state index is 12.5. The van der Waals surface area contributed by atoms with E-state index in [4.69, 9.17) is 16.3 Å². The molecule has 1 aliphatic rings. The number of amides is 2. The van der Waals surface area contributed by atoms with Gasteiger partial charge in [0, 0.05) is 11.4 Å². The Morgan fingerprint density at radius 1 is 1.07 bits per heavy atom. The van der Waals surface area contributed by atoms with Crippen LogP contribution in [0.25, 0.3) is 0 Å². The van der Waals surface area contributed by atoms with Gasteiger partial charge in [0.2, 0.25) is 5.91 Å². The van der Waals surface area contributed by atoms with Crippen LogP contribution in [-0.2, 0) is 4.79 Å². The fourth-order valence-electron chi connectivity index (χ4n) is 3.27. The van der Waals surface area contributed by atoms with Gasteiger partial charge in [-0.2, -0.15) is 0 Å². The summed E-state index contributed by atoms with van der Waals surface area (Å²) in [5.41, 5.74) is 2.89. The number of carbonyl (C=O) groups is 2. The largest absolute Gasteiger partial charge is 0.497 e. The zero-order valence-electron chi connectivity index (χ0n) is 16.2. The smallest absolute Gasteiger partial charge is 0.257 e. The van der Waals surface area contributed by atoms with E-state index in [0.717, 1.165) is 17.0 Å². The molecule has 0 spiro atoms. The SMILES string of the molecule is COc1ccc(N2C(=O)CSC2c2ccc(NC(=O)c3ccccc3Cl)cc2)cc1. The number of halogens is 1. The predicted molar refractivity (Wildman–Crippen MR) is 122 cm³/mol. The molecule has 5 nitrogen and oxygen atoms in total. The Labute approximate surface area is 184 Å². The lowest BCUT2D eigenvalue weighted by atomic mass is 10.1. The number of hydrogen-bond donors (Lipinski definition) is 1. The molecular formula is C23H19ClN2O3S. The Morgan fingerprint density at radius 3 is 2.43 bits per heavy atom. The summed E-state index contributed by atoms with van der Waals surface area (Å²) in [6.07, 6.45) is 0. The zero-order chi connectivity index (χ0) is 21.1. The van der Waals surface area contributed by atoms with Crippen molar-refractivity contribution in [2.75, 3.05) is 23.1 Å². The third-order valence-corrected chi connectivity index (χ3v) is 6.33. The molecule has 1 heterocycles. The average molecular weight is 439 g/mol. The highest BCUT2D eigenvalue weighted by molar-refractivity contribution is 8.00. The lowest BCUT2D eigenvalue weighted by Crippen LogP contribution is -2.27. The van der Waals surface area contributed by atoms with Crippen molar-refractivity contribution < 1.29 is 14.3 Å². The molecule has 1 saturated heterocycles. The Hall–Kier alpha value is -2.96. The molecule has 0 saturated carbocycles. The van der Waals surface area contributed by atoms with Crippen molar-refractivity contribution in [1.29, 1.82) is 0 Å². The van der Waals surface area contributed by atoms with Crippen molar-refractivity contribution in [1.82, 2.24) is 0 Å². The molecule has 7 heteroatoms. The van der Waals surface area contributed by atoms with E-state index in [9.17, 15) is 9.59 Å². The second kappa shape index (κ2) is 8.81. The maximum absolute atomic E-state index is 12.5. The highest BCUT2D eigenvalue weighted by Crippen LogP contribution is 2.42. The summed E-state index contributed by atoms with van der Waals surface area (Å²) in [5.74, 6) is 0.958. The van der Waals surface area contributed by atoms with Crippen molar-refractivity contribution >= 4 is 46.6 Å². The highest BCUT2D eigenvalue weighted by atomic mass is 35.5. The monoisotopic (exact) mass is 438 g/mol. The third kappa shape index (κ3) is 4.15. The second-order valence-electron chi connectivity index (χ2n) is 6.68. The predicted octanol–water partition coefficient (Wildman–Crippen LogP) is 5.38. The molecule has 0 aromatic heterocycles. The van der Waals surface area contributed by atoms with Crippen molar-refractivity contribution in [3.8, 4) is 5.75 Å². The van der Waals surface area contributed by atoms with E-state index in [0.29, 0.717) is 22.0 Å². The van der Waals surface area contributed by atoms with Gasteiger partial charge in [-0.15, -0.1) is 11.8 Å². The van der Waals surface area contributed by atoms with Gasteiger partial charge in [0.05, 0.1) is 23.4 Å². The number of methoxy groups -OCH3 is 1. The van der Waals surface area contributed by atoms with E-state index in [1.165, 1.54) is 0 Å². The van der Waals surface area contributed by atoms with Gasteiger partial charge < -0.3 is 10.1 Å². The highest BCUT2D eigenvalue weighted by Gasteiger charge is 2.34. The summed E-state index contributed by atoms with van der Waals surface area (Å²) in [5, 5.41) is 3.14. The minimum Gasteiger partial charge on any atom is -0.497 e. The van der Waals surface area contributed by atoms with Gasteiger partial charge >= 0.3 is 0 Å². The number of ether oxygens (including phenoxy) is 1. The third-order valence-electron chi connectivity index (χ3n) is 4.79. The first-order chi connectivity index (χ1) is 14.6. The lowest BCUT2D eigenvalue weighted by Gasteiger charge is -2.24. The van der Waals surface area contributed by atoms with Crippen LogP contribution in [-0.4, -0.2) is 24.7 Å². The van der Waals surface area contributed by atoms with E-state index in [1.54, 1.807) is 48.0 Å². The molecule has 3 aromatic carbocycles. The van der Waals surface area contributed by atoms with Crippen LogP contribution in [0, 0.1) is 0 Å². The van der Waals surface area contributed by atoms with Crippen molar-refractivity contribution in [2.45, 2.75) is 5.37 Å². The summed E-state index contributed by atoms with van der Waals surface area (Å²) in [6, 6.07) is 21.9. The maximum Gasteiger partial charge on any atom is 0.257 e. The van der Waals surface area contributed by atoms with Crippen LogP contribution in [0.1, 0.15) is 21.3 Å². The molecule has 1 N–H and O–H groups in total. The van der Waals surface area contributed by atoms with Crippen LogP contribution in [0.2, 0.25) is 5.02 Å². The van der Waals surface area contributed by atoms with Gasteiger partial charge in [0.25, 0.3) is 5.91 Å². The number of rotatable bonds is 5. The minimum atomic E-state index is -0.265. The molecule has 4 rings (SSSR count). The van der Waals surface area contributed by atoms with Crippen LogP contribution >= 0.6 is 23.4 Å². The molecule has 30 heavy (non-hydrogen) atoms. The van der Waals surface area contributed by atoms with Gasteiger partial charge in [0.15, 0.2) is 0 Å². The minimum absolute atomic E-state index is 0.0614. The number of nitrogens with one attached hydrogen (secondary N) is 1. The van der Waals surface area contributed by atoms with E-state index < -0.39 is 0 Å². The first kappa shape index (κ1) is 20.3. The van der Waals surface area contributed by atoms with Crippen LogP contribution in [0.5, 0.6) is 5.75 Å². The number of hydrogen-bond acceptors (Lipinski definition) is 4. The van der Waals surface area contributed by atoms with E-state index in [-0.39, 0.29) is 17.2 Å². The molecule has 1 atom stereocenters. The van der Waals surface area contributed by atoms with Gasteiger partial charge in [-0.05, 0) is 54.1 Å². The topological polar surface area (TPSA) is 58.6 Å². The number of nitrogens with zero attached hydrogens (tertiary/aromatic N) is 1. The average Bonchev–Trinajstić information content (AvgIpc) is 3.16.